The Morgan fingerprint density at radius 3 is 1.78 bits per heavy atom. The summed E-state index contributed by atoms with van der Waals surface area (Å²) in [5, 5.41) is 3.01. The van der Waals surface area contributed by atoms with Crippen molar-refractivity contribution in [2.24, 2.45) is 5.92 Å². The van der Waals surface area contributed by atoms with E-state index in [4.69, 9.17) is 0 Å². The Balaban J connectivity index is 1.55. The number of rotatable bonds is 6. The van der Waals surface area contributed by atoms with Crippen LogP contribution in [-0.2, 0) is 4.79 Å². The van der Waals surface area contributed by atoms with Gasteiger partial charge in [0.15, 0.2) is 0 Å². The fourth-order valence-corrected chi connectivity index (χ4v) is 3.53. The number of nitrogens with one attached hydrogen (secondary N) is 1. The molecule has 0 atom stereocenters. The first kappa shape index (κ1) is 19.2. The van der Waals surface area contributed by atoms with Crippen LogP contribution in [0.4, 0.5) is 21.5 Å². The lowest BCUT2D eigenvalue weighted by Crippen LogP contribution is -2.46. The number of nitrogens with zero attached hydrogens (tertiary/aromatic N) is 2. The molecule has 0 unspecified atom stereocenters. The van der Waals surface area contributed by atoms with Gasteiger partial charge in [0.05, 0.1) is 0 Å². The van der Waals surface area contributed by atoms with Crippen LogP contribution in [0.2, 0.25) is 0 Å². The average Bonchev–Trinajstić information content (AvgIpc) is 2.70. The minimum absolute atomic E-state index is 0.0733. The maximum Gasteiger partial charge on any atom is 0.227 e. The summed E-state index contributed by atoms with van der Waals surface area (Å²) in [5.74, 6) is -0.0290. The summed E-state index contributed by atoms with van der Waals surface area (Å²) in [6.45, 7) is 7.72. The van der Waals surface area contributed by atoms with Crippen molar-refractivity contribution in [3.8, 4) is 0 Å². The second-order valence-corrected chi connectivity index (χ2v) is 7.00. The van der Waals surface area contributed by atoms with Crippen molar-refractivity contribution < 1.29 is 9.18 Å². The zero-order valence-electron chi connectivity index (χ0n) is 16.1. The van der Waals surface area contributed by atoms with Gasteiger partial charge in [0.2, 0.25) is 5.91 Å². The molecule has 0 spiro atoms. The van der Waals surface area contributed by atoms with E-state index in [1.807, 2.05) is 38.1 Å². The van der Waals surface area contributed by atoms with Crippen molar-refractivity contribution >= 4 is 23.0 Å². The molecule has 1 N–H and O–H groups in total. The molecule has 1 aliphatic rings. The molecule has 4 nitrogen and oxygen atoms in total. The Morgan fingerprint density at radius 2 is 1.33 bits per heavy atom. The fraction of sp³-hybridized carbons (Fsp3) is 0.409. The van der Waals surface area contributed by atoms with Gasteiger partial charge in [0.25, 0.3) is 0 Å². The number of halogens is 1. The van der Waals surface area contributed by atoms with Gasteiger partial charge in [0, 0.05) is 49.2 Å². The molecular formula is C22H28FN3O. The lowest BCUT2D eigenvalue weighted by atomic mass is 10.0. The number of hydrogen-bond donors (Lipinski definition) is 1. The summed E-state index contributed by atoms with van der Waals surface area (Å²) in [6.07, 6.45) is 1.72. The second-order valence-electron chi connectivity index (χ2n) is 7.00. The van der Waals surface area contributed by atoms with Crippen molar-refractivity contribution in [2.75, 3.05) is 41.3 Å². The molecule has 0 radical (unpaired) electrons. The molecule has 1 heterocycles. The molecular weight excluding hydrogens is 341 g/mol. The lowest BCUT2D eigenvalue weighted by molar-refractivity contribution is -0.120. The number of amides is 1. The first-order valence-electron chi connectivity index (χ1n) is 9.77. The molecule has 1 fully saturated rings. The van der Waals surface area contributed by atoms with Crippen LogP contribution in [-0.4, -0.2) is 32.1 Å². The van der Waals surface area contributed by atoms with E-state index in [1.54, 1.807) is 0 Å². The highest BCUT2D eigenvalue weighted by Gasteiger charge is 2.18. The van der Waals surface area contributed by atoms with E-state index in [1.165, 1.54) is 12.1 Å². The molecule has 0 saturated carbocycles. The molecule has 0 bridgehead atoms. The van der Waals surface area contributed by atoms with Gasteiger partial charge in [-0.15, -0.1) is 0 Å². The van der Waals surface area contributed by atoms with Crippen molar-refractivity contribution in [1.29, 1.82) is 0 Å². The third kappa shape index (κ3) is 4.79. The summed E-state index contributed by atoms with van der Waals surface area (Å²) < 4.78 is 13.1. The third-order valence-corrected chi connectivity index (χ3v) is 5.33. The first-order valence-corrected chi connectivity index (χ1v) is 9.77. The van der Waals surface area contributed by atoms with Gasteiger partial charge in [-0.1, -0.05) is 13.8 Å². The van der Waals surface area contributed by atoms with E-state index in [9.17, 15) is 9.18 Å². The highest BCUT2D eigenvalue weighted by Crippen LogP contribution is 2.23. The van der Waals surface area contributed by atoms with E-state index in [2.05, 4.69) is 27.2 Å². The summed E-state index contributed by atoms with van der Waals surface area (Å²) in [6, 6.07) is 14.8. The molecule has 5 heteroatoms. The van der Waals surface area contributed by atoms with Crippen molar-refractivity contribution in [2.45, 2.75) is 26.7 Å². The topological polar surface area (TPSA) is 35.6 Å². The molecule has 1 aliphatic heterocycles. The summed E-state index contributed by atoms with van der Waals surface area (Å²) in [7, 11) is 0. The Hall–Kier alpha value is -2.56. The van der Waals surface area contributed by atoms with Gasteiger partial charge in [-0.05, 0) is 61.4 Å². The zero-order valence-corrected chi connectivity index (χ0v) is 16.1. The molecule has 3 rings (SSSR count). The van der Waals surface area contributed by atoms with Crippen LogP contribution in [0.15, 0.2) is 48.5 Å². The van der Waals surface area contributed by atoms with Crippen LogP contribution >= 0.6 is 0 Å². The third-order valence-electron chi connectivity index (χ3n) is 5.33. The summed E-state index contributed by atoms with van der Waals surface area (Å²) in [5.41, 5.74) is 3.07. The molecule has 0 aromatic heterocycles. The molecule has 2 aromatic carbocycles. The van der Waals surface area contributed by atoms with E-state index < -0.39 is 0 Å². The number of carbonyl (C=O) groups is 1. The molecule has 27 heavy (non-hydrogen) atoms. The zero-order chi connectivity index (χ0) is 19.2. The van der Waals surface area contributed by atoms with E-state index in [-0.39, 0.29) is 17.6 Å². The quantitative estimate of drug-likeness (QED) is 0.813. The molecule has 0 aliphatic carbocycles. The SMILES string of the molecule is CCC(CC)C(=O)Nc1ccc(N2CCN(c3ccc(F)cc3)CC2)cc1. The normalized spacial score (nSPS) is 14.5. The smallest absolute Gasteiger partial charge is 0.227 e. The summed E-state index contributed by atoms with van der Waals surface area (Å²) in [4.78, 5) is 16.8. The first-order chi connectivity index (χ1) is 13.1. The number of carbonyl (C=O) groups excluding carboxylic acids is 1. The van der Waals surface area contributed by atoms with Gasteiger partial charge in [-0.2, -0.15) is 0 Å². The highest BCUT2D eigenvalue weighted by molar-refractivity contribution is 5.92. The maximum atomic E-state index is 13.1. The van der Waals surface area contributed by atoms with Crippen molar-refractivity contribution in [3.63, 3.8) is 0 Å². The van der Waals surface area contributed by atoms with E-state index in [0.717, 1.165) is 56.1 Å². The number of benzene rings is 2. The lowest BCUT2D eigenvalue weighted by Gasteiger charge is -2.37. The monoisotopic (exact) mass is 369 g/mol. The average molecular weight is 369 g/mol. The minimum atomic E-state index is -0.200. The van der Waals surface area contributed by atoms with E-state index in [0.29, 0.717) is 0 Å². The largest absolute Gasteiger partial charge is 0.368 e. The Morgan fingerprint density at radius 1 is 0.889 bits per heavy atom. The van der Waals surface area contributed by atoms with Crippen LogP contribution in [0.25, 0.3) is 0 Å². The van der Waals surface area contributed by atoms with Crippen LogP contribution in [0.1, 0.15) is 26.7 Å². The summed E-state index contributed by atoms with van der Waals surface area (Å²) >= 11 is 0. The Bertz CT molecular complexity index is 733. The van der Waals surface area contributed by atoms with Gasteiger partial charge in [-0.25, -0.2) is 4.39 Å². The second kappa shape index (κ2) is 8.89. The molecule has 1 saturated heterocycles. The van der Waals surface area contributed by atoms with Crippen molar-refractivity contribution in [1.82, 2.24) is 0 Å². The number of anilines is 3. The van der Waals surface area contributed by atoms with Crippen LogP contribution in [0.5, 0.6) is 0 Å². The number of hydrogen-bond acceptors (Lipinski definition) is 3. The highest BCUT2D eigenvalue weighted by atomic mass is 19.1. The van der Waals surface area contributed by atoms with Gasteiger partial charge >= 0.3 is 0 Å². The predicted molar refractivity (Wildman–Crippen MR) is 110 cm³/mol. The van der Waals surface area contributed by atoms with Gasteiger partial charge in [-0.3, -0.25) is 4.79 Å². The Labute approximate surface area is 161 Å². The van der Waals surface area contributed by atoms with Gasteiger partial charge in [0.1, 0.15) is 5.82 Å². The van der Waals surface area contributed by atoms with E-state index >= 15 is 0 Å². The molecule has 2 aromatic rings. The van der Waals surface area contributed by atoms with Crippen LogP contribution in [0.3, 0.4) is 0 Å². The Kier molecular flexibility index (Phi) is 6.32. The molecule has 1 amide bonds. The van der Waals surface area contributed by atoms with Crippen molar-refractivity contribution in [3.05, 3.63) is 54.3 Å². The van der Waals surface area contributed by atoms with Crippen LogP contribution < -0.4 is 15.1 Å². The standard InChI is InChI=1S/C22H28FN3O/c1-3-17(4-2)22(27)24-19-7-11-21(12-8-19)26-15-13-25(14-16-26)20-9-5-18(23)6-10-20/h5-12,17H,3-4,13-16H2,1-2H3,(H,24,27). The van der Waals surface area contributed by atoms with Crippen LogP contribution in [0, 0.1) is 11.7 Å². The van der Waals surface area contributed by atoms with Gasteiger partial charge < -0.3 is 15.1 Å². The fourth-order valence-electron chi connectivity index (χ4n) is 3.53. The number of piperazine rings is 1. The predicted octanol–water partition coefficient (Wildman–Crippen LogP) is 4.53. The maximum absolute atomic E-state index is 13.1. The minimum Gasteiger partial charge on any atom is -0.368 e. The molecule has 144 valence electrons.